The molecule has 9 heteroatoms. The van der Waals surface area contributed by atoms with E-state index in [9.17, 15) is 30.3 Å². The first-order valence-electron chi connectivity index (χ1n) is 24.1. The normalized spacial score (nSPS) is 21.1. The van der Waals surface area contributed by atoms with Gasteiger partial charge in [0.05, 0.1) is 25.4 Å². The fraction of sp³-hybridized carbons (Fsp3) is 0.896. The highest BCUT2D eigenvalue weighted by Gasteiger charge is 2.44. The monoisotopic (exact) mass is 810 g/mol. The molecule has 57 heavy (non-hydrogen) atoms. The van der Waals surface area contributed by atoms with Crippen molar-refractivity contribution in [2.24, 2.45) is 0 Å². The van der Waals surface area contributed by atoms with Gasteiger partial charge in [-0.2, -0.15) is 0 Å². The molecule has 0 aromatic heterocycles. The van der Waals surface area contributed by atoms with E-state index in [2.05, 4.69) is 31.3 Å². The van der Waals surface area contributed by atoms with E-state index >= 15 is 0 Å². The summed E-state index contributed by atoms with van der Waals surface area (Å²) in [6, 6.07) is -0.803. The Kier molecular flexibility index (Phi) is 36.6. The lowest BCUT2D eigenvalue weighted by Crippen LogP contribution is -2.60. The predicted octanol–water partition coefficient (Wildman–Crippen LogP) is 10.3. The van der Waals surface area contributed by atoms with E-state index in [0.717, 1.165) is 44.9 Å². The SMILES string of the molecule is CCC/C=C\CCCCCCCC/C=C/[C@@H](O)[C@H](CO[C@@H]1O[C@H](CO)[C@H](O)C(O)C1O)NC(=O)CCCCCCCCCCCCCCCCCCCCCCC. The van der Waals surface area contributed by atoms with Gasteiger partial charge >= 0.3 is 0 Å². The predicted molar refractivity (Wildman–Crippen MR) is 235 cm³/mol. The van der Waals surface area contributed by atoms with Crippen molar-refractivity contribution in [2.45, 2.75) is 262 Å². The van der Waals surface area contributed by atoms with Crippen LogP contribution >= 0.6 is 0 Å². The Bertz CT molecular complexity index is 945. The number of allylic oxidation sites excluding steroid dienone is 3. The summed E-state index contributed by atoms with van der Waals surface area (Å²) in [6.07, 6.45) is 39.4. The number of carbonyl (C=O) groups excluding carboxylic acids is 1. The third-order valence-corrected chi connectivity index (χ3v) is 11.5. The maximum Gasteiger partial charge on any atom is 0.220 e. The van der Waals surface area contributed by atoms with Gasteiger partial charge in [0, 0.05) is 6.42 Å². The number of aliphatic hydroxyl groups is 5. The summed E-state index contributed by atoms with van der Waals surface area (Å²) < 4.78 is 11.2. The Hall–Kier alpha value is -1.33. The lowest BCUT2D eigenvalue weighted by molar-refractivity contribution is -0.302. The first-order valence-corrected chi connectivity index (χ1v) is 24.1. The summed E-state index contributed by atoms with van der Waals surface area (Å²) in [5.41, 5.74) is 0. The van der Waals surface area contributed by atoms with E-state index in [4.69, 9.17) is 9.47 Å². The van der Waals surface area contributed by atoms with Crippen LogP contribution in [0.25, 0.3) is 0 Å². The molecule has 1 aliphatic heterocycles. The van der Waals surface area contributed by atoms with Crippen molar-refractivity contribution in [1.29, 1.82) is 0 Å². The molecule has 1 saturated heterocycles. The average Bonchev–Trinajstić information content (AvgIpc) is 3.21. The topological polar surface area (TPSA) is 149 Å². The second kappa shape index (κ2) is 38.8. The minimum atomic E-state index is -1.56. The van der Waals surface area contributed by atoms with E-state index in [1.165, 1.54) is 154 Å². The van der Waals surface area contributed by atoms with Gasteiger partial charge in [0.15, 0.2) is 6.29 Å². The molecule has 9 nitrogen and oxygen atoms in total. The van der Waals surface area contributed by atoms with E-state index < -0.39 is 49.5 Å². The Labute approximate surface area is 349 Å². The van der Waals surface area contributed by atoms with Crippen molar-refractivity contribution in [3.8, 4) is 0 Å². The van der Waals surface area contributed by atoms with Crippen molar-refractivity contribution in [1.82, 2.24) is 5.32 Å². The van der Waals surface area contributed by atoms with Gasteiger partial charge in [-0.15, -0.1) is 0 Å². The quantitative estimate of drug-likeness (QED) is 0.0265. The molecule has 0 bridgehead atoms. The van der Waals surface area contributed by atoms with Crippen LogP contribution in [0.5, 0.6) is 0 Å². The summed E-state index contributed by atoms with van der Waals surface area (Å²) >= 11 is 0. The van der Waals surface area contributed by atoms with Crippen molar-refractivity contribution in [2.75, 3.05) is 13.2 Å². The van der Waals surface area contributed by atoms with Gasteiger partial charge in [-0.25, -0.2) is 0 Å². The van der Waals surface area contributed by atoms with Crippen molar-refractivity contribution in [3.63, 3.8) is 0 Å². The largest absolute Gasteiger partial charge is 0.394 e. The van der Waals surface area contributed by atoms with Crippen molar-refractivity contribution in [3.05, 3.63) is 24.3 Å². The van der Waals surface area contributed by atoms with E-state index in [1.807, 2.05) is 6.08 Å². The van der Waals surface area contributed by atoms with Crippen LogP contribution in [-0.4, -0.2) is 87.5 Å². The Balaban J connectivity index is 2.28. The molecule has 0 spiro atoms. The van der Waals surface area contributed by atoms with Gasteiger partial charge in [-0.1, -0.05) is 199 Å². The molecule has 0 aromatic rings. The molecule has 6 N–H and O–H groups in total. The van der Waals surface area contributed by atoms with Crippen molar-refractivity contribution < 1.29 is 39.8 Å². The highest BCUT2D eigenvalue weighted by Crippen LogP contribution is 2.23. The molecular formula is C48H91NO8. The third-order valence-electron chi connectivity index (χ3n) is 11.5. The number of rotatable bonds is 40. The van der Waals surface area contributed by atoms with Crippen LogP contribution in [-0.2, 0) is 14.3 Å². The van der Waals surface area contributed by atoms with Crippen LogP contribution in [0.3, 0.4) is 0 Å². The fourth-order valence-corrected chi connectivity index (χ4v) is 7.63. The maximum absolute atomic E-state index is 13.0. The second-order valence-corrected chi connectivity index (χ2v) is 16.9. The summed E-state index contributed by atoms with van der Waals surface area (Å²) in [5, 5.41) is 54.2. The fourth-order valence-electron chi connectivity index (χ4n) is 7.63. The minimum absolute atomic E-state index is 0.177. The van der Waals surface area contributed by atoms with Crippen LogP contribution in [0.15, 0.2) is 24.3 Å². The molecule has 1 rings (SSSR count). The van der Waals surface area contributed by atoms with Gasteiger partial charge in [0.1, 0.15) is 24.4 Å². The molecule has 0 radical (unpaired) electrons. The highest BCUT2D eigenvalue weighted by molar-refractivity contribution is 5.76. The van der Waals surface area contributed by atoms with Gasteiger partial charge in [0.2, 0.25) is 5.91 Å². The molecule has 0 saturated carbocycles. The van der Waals surface area contributed by atoms with Crippen LogP contribution < -0.4 is 5.32 Å². The summed E-state index contributed by atoms with van der Waals surface area (Å²) in [6.45, 7) is 3.73. The van der Waals surface area contributed by atoms with E-state index in [0.29, 0.717) is 6.42 Å². The lowest BCUT2D eigenvalue weighted by Gasteiger charge is -2.40. The van der Waals surface area contributed by atoms with E-state index in [1.54, 1.807) is 6.08 Å². The Morgan fingerprint density at radius 1 is 0.579 bits per heavy atom. The van der Waals surface area contributed by atoms with Crippen LogP contribution in [0, 0.1) is 0 Å². The van der Waals surface area contributed by atoms with Crippen LogP contribution in [0.2, 0.25) is 0 Å². The molecular weight excluding hydrogens is 719 g/mol. The summed E-state index contributed by atoms with van der Waals surface area (Å²) in [7, 11) is 0. The first kappa shape index (κ1) is 53.7. The molecule has 1 heterocycles. The maximum atomic E-state index is 13.0. The first-order chi connectivity index (χ1) is 27.8. The number of aliphatic hydroxyl groups excluding tert-OH is 5. The summed E-state index contributed by atoms with van der Waals surface area (Å²) in [5.74, 6) is -0.177. The Morgan fingerprint density at radius 2 is 1.02 bits per heavy atom. The number of nitrogens with one attached hydrogen (secondary N) is 1. The zero-order valence-corrected chi connectivity index (χ0v) is 36.9. The molecule has 0 aliphatic carbocycles. The highest BCUT2D eigenvalue weighted by atomic mass is 16.7. The number of amides is 1. The molecule has 0 aromatic carbocycles. The summed E-state index contributed by atoms with van der Waals surface area (Å²) in [4.78, 5) is 13.0. The van der Waals surface area contributed by atoms with Crippen molar-refractivity contribution >= 4 is 5.91 Å². The second-order valence-electron chi connectivity index (χ2n) is 16.9. The van der Waals surface area contributed by atoms with Gasteiger partial charge < -0.3 is 40.3 Å². The van der Waals surface area contributed by atoms with Crippen LogP contribution in [0.4, 0.5) is 0 Å². The molecule has 2 unspecified atom stereocenters. The zero-order chi connectivity index (χ0) is 41.6. The molecule has 7 atom stereocenters. The minimum Gasteiger partial charge on any atom is -0.394 e. The Morgan fingerprint density at radius 3 is 1.49 bits per heavy atom. The van der Waals surface area contributed by atoms with Gasteiger partial charge in [-0.3, -0.25) is 4.79 Å². The van der Waals surface area contributed by atoms with Gasteiger partial charge in [0.25, 0.3) is 0 Å². The number of unbranched alkanes of at least 4 members (excludes halogenated alkanes) is 28. The van der Waals surface area contributed by atoms with Crippen LogP contribution in [0.1, 0.15) is 219 Å². The molecule has 336 valence electrons. The smallest absolute Gasteiger partial charge is 0.220 e. The molecule has 1 amide bonds. The number of hydrogen-bond donors (Lipinski definition) is 6. The number of hydrogen-bond acceptors (Lipinski definition) is 8. The van der Waals surface area contributed by atoms with Gasteiger partial charge in [-0.05, 0) is 38.5 Å². The lowest BCUT2D eigenvalue weighted by atomic mass is 9.99. The molecule has 1 fully saturated rings. The van der Waals surface area contributed by atoms with E-state index in [-0.39, 0.29) is 12.5 Å². The third kappa shape index (κ3) is 29.5. The number of ether oxygens (including phenoxy) is 2. The number of carbonyl (C=O) groups is 1. The average molecular weight is 810 g/mol. The standard InChI is InChI=1S/C48H91NO8/c1-3-5-7-9-11-13-15-17-18-19-20-21-22-23-24-26-28-30-32-34-36-38-44(52)49-41(40-56-48-47(55)46(54)45(53)43(39-50)57-48)42(51)37-35-33-31-29-27-25-16-14-12-10-8-6-4-2/h8,10,35,37,41-43,45-48,50-51,53-55H,3-7,9,11-34,36,38-40H2,1-2H3,(H,49,52)/b10-8-,37-35+/t41-,42+,43+,45-,46?,47?,48+/m0/s1. The molecule has 1 aliphatic rings. The zero-order valence-electron chi connectivity index (χ0n) is 36.9.